The van der Waals surface area contributed by atoms with Crippen molar-refractivity contribution in [2.45, 2.75) is 12.6 Å². The zero-order valence-electron chi connectivity index (χ0n) is 16.7. The molecule has 0 saturated carbocycles. The molecule has 3 rings (SSSR count). The van der Waals surface area contributed by atoms with E-state index >= 15 is 0 Å². The fourth-order valence-corrected chi connectivity index (χ4v) is 3.01. The monoisotopic (exact) mass is 411 g/mol. The summed E-state index contributed by atoms with van der Waals surface area (Å²) in [5.74, 6) is 0.525. The summed E-state index contributed by atoms with van der Waals surface area (Å²) >= 11 is 0. The van der Waals surface area contributed by atoms with Crippen molar-refractivity contribution in [3.63, 3.8) is 0 Å². The lowest BCUT2D eigenvalue weighted by atomic mass is 10.2. The summed E-state index contributed by atoms with van der Waals surface area (Å²) in [7, 11) is 0. The van der Waals surface area contributed by atoms with Gasteiger partial charge in [0.1, 0.15) is 30.8 Å². The minimum absolute atomic E-state index is 0.00889. The molecular weight excluding hydrogens is 385 g/mol. The van der Waals surface area contributed by atoms with Crippen molar-refractivity contribution in [1.29, 1.82) is 0 Å². The van der Waals surface area contributed by atoms with Crippen LogP contribution in [0.4, 0.5) is 4.39 Å². The molecule has 0 aliphatic rings. The number of benzene rings is 3. The van der Waals surface area contributed by atoms with Gasteiger partial charge >= 0.3 is 0 Å². The van der Waals surface area contributed by atoms with Gasteiger partial charge in [-0.1, -0.05) is 42.5 Å². The molecule has 0 fully saturated rings. The summed E-state index contributed by atoms with van der Waals surface area (Å²) < 4.78 is 24.9. The third-order valence-electron chi connectivity index (χ3n) is 4.50. The van der Waals surface area contributed by atoms with Crippen molar-refractivity contribution < 1.29 is 24.1 Å². The maximum atomic E-state index is 13.7. The number of phenolic OH excluding ortho intramolecular Hbond substituents is 1. The second-order valence-electron chi connectivity index (χ2n) is 6.96. The standard InChI is InChI=1S/C24H26FNO4/c25-23-8-4-5-9-24(23)30-18-21(28)17-26(16-19-6-2-1-3-7-19)14-15-29-22-12-10-20(27)11-13-22/h1-13,21,27-28H,14-18H2. The van der Waals surface area contributed by atoms with E-state index in [4.69, 9.17) is 9.47 Å². The molecular formula is C24H26FNO4. The molecule has 1 unspecified atom stereocenters. The molecule has 0 bridgehead atoms. The van der Waals surface area contributed by atoms with Crippen LogP contribution in [-0.2, 0) is 6.54 Å². The van der Waals surface area contributed by atoms with E-state index in [9.17, 15) is 14.6 Å². The maximum Gasteiger partial charge on any atom is 0.165 e. The molecule has 2 N–H and O–H groups in total. The number of nitrogens with zero attached hydrogens (tertiary/aromatic N) is 1. The number of hydrogen-bond acceptors (Lipinski definition) is 5. The normalized spacial score (nSPS) is 12.0. The van der Waals surface area contributed by atoms with Crippen molar-refractivity contribution in [2.24, 2.45) is 0 Å². The van der Waals surface area contributed by atoms with Gasteiger partial charge in [0.05, 0.1) is 0 Å². The van der Waals surface area contributed by atoms with Crippen LogP contribution in [0.1, 0.15) is 5.56 Å². The van der Waals surface area contributed by atoms with E-state index in [1.165, 1.54) is 12.1 Å². The summed E-state index contributed by atoms with van der Waals surface area (Å²) in [6.07, 6.45) is -0.790. The number of aliphatic hydroxyl groups excluding tert-OH is 1. The Labute approximate surface area is 175 Å². The third kappa shape index (κ3) is 7.06. The van der Waals surface area contributed by atoms with Gasteiger partial charge in [0.15, 0.2) is 11.6 Å². The lowest BCUT2D eigenvalue weighted by molar-refractivity contribution is 0.0593. The van der Waals surface area contributed by atoms with Crippen LogP contribution in [0.3, 0.4) is 0 Å². The summed E-state index contributed by atoms with van der Waals surface area (Å²) in [6.45, 7) is 1.97. The Balaban J connectivity index is 1.54. The van der Waals surface area contributed by atoms with Crippen molar-refractivity contribution in [3.8, 4) is 17.2 Å². The largest absolute Gasteiger partial charge is 0.508 e. The Kier molecular flexibility index (Phi) is 8.06. The molecule has 30 heavy (non-hydrogen) atoms. The zero-order valence-corrected chi connectivity index (χ0v) is 16.7. The number of aromatic hydroxyl groups is 1. The van der Waals surface area contributed by atoms with Gasteiger partial charge in [-0.3, -0.25) is 4.90 Å². The SMILES string of the molecule is Oc1ccc(OCCN(Cc2ccccc2)CC(O)COc2ccccc2F)cc1. The molecule has 0 heterocycles. The molecule has 0 radical (unpaired) electrons. The average molecular weight is 411 g/mol. The van der Waals surface area contributed by atoms with Crippen LogP contribution in [0, 0.1) is 5.82 Å². The summed E-state index contributed by atoms with van der Waals surface area (Å²) in [6, 6.07) is 22.6. The summed E-state index contributed by atoms with van der Waals surface area (Å²) in [4.78, 5) is 2.06. The van der Waals surface area contributed by atoms with Crippen molar-refractivity contribution in [1.82, 2.24) is 4.90 Å². The van der Waals surface area contributed by atoms with Gasteiger partial charge < -0.3 is 19.7 Å². The second-order valence-corrected chi connectivity index (χ2v) is 6.96. The topological polar surface area (TPSA) is 62.2 Å². The second kappa shape index (κ2) is 11.2. The average Bonchev–Trinajstić information content (AvgIpc) is 2.75. The van der Waals surface area contributed by atoms with Gasteiger partial charge in [0, 0.05) is 19.6 Å². The Hall–Kier alpha value is -3.09. The minimum Gasteiger partial charge on any atom is -0.508 e. The van der Waals surface area contributed by atoms with E-state index in [0.29, 0.717) is 32.0 Å². The molecule has 0 aliphatic carbocycles. The summed E-state index contributed by atoms with van der Waals surface area (Å²) in [5, 5.41) is 19.8. The molecule has 6 heteroatoms. The number of aliphatic hydroxyl groups is 1. The minimum atomic E-state index is -0.790. The predicted octanol–water partition coefficient (Wildman–Crippen LogP) is 3.85. The van der Waals surface area contributed by atoms with Gasteiger partial charge in [-0.25, -0.2) is 4.39 Å². The molecule has 0 amide bonds. The van der Waals surface area contributed by atoms with Crippen molar-refractivity contribution in [2.75, 3.05) is 26.3 Å². The van der Waals surface area contributed by atoms with Crippen LogP contribution in [-0.4, -0.2) is 47.5 Å². The van der Waals surface area contributed by atoms with Gasteiger partial charge in [-0.2, -0.15) is 0 Å². The lowest BCUT2D eigenvalue weighted by Gasteiger charge is -2.25. The number of rotatable bonds is 11. The number of hydrogen-bond donors (Lipinski definition) is 2. The molecule has 0 aliphatic heterocycles. The molecule has 158 valence electrons. The molecule has 0 spiro atoms. The first-order chi connectivity index (χ1) is 14.6. The first-order valence-electron chi connectivity index (χ1n) is 9.83. The van der Waals surface area contributed by atoms with Gasteiger partial charge in [-0.05, 0) is 42.0 Å². The first-order valence-corrected chi connectivity index (χ1v) is 9.83. The van der Waals surface area contributed by atoms with Crippen LogP contribution in [0.5, 0.6) is 17.2 Å². The number of halogens is 1. The zero-order chi connectivity index (χ0) is 21.2. The van der Waals surface area contributed by atoms with Gasteiger partial charge in [0.2, 0.25) is 0 Å². The predicted molar refractivity (Wildman–Crippen MR) is 113 cm³/mol. The van der Waals surface area contributed by atoms with Crippen LogP contribution >= 0.6 is 0 Å². The highest BCUT2D eigenvalue weighted by molar-refractivity contribution is 5.30. The summed E-state index contributed by atoms with van der Waals surface area (Å²) in [5.41, 5.74) is 1.12. The molecule has 0 aromatic heterocycles. The molecule has 3 aromatic rings. The smallest absolute Gasteiger partial charge is 0.165 e. The fraction of sp³-hybridized carbons (Fsp3) is 0.250. The molecule has 3 aromatic carbocycles. The van der Waals surface area contributed by atoms with E-state index in [1.807, 2.05) is 30.3 Å². The van der Waals surface area contributed by atoms with E-state index in [2.05, 4.69) is 4.90 Å². The van der Waals surface area contributed by atoms with Gasteiger partial charge in [-0.15, -0.1) is 0 Å². The number of phenols is 1. The number of para-hydroxylation sites is 1. The highest BCUT2D eigenvalue weighted by atomic mass is 19.1. The Morgan fingerprint density at radius 1 is 0.867 bits per heavy atom. The Bertz CT molecular complexity index is 889. The Morgan fingerprint density at radius 2 is 1.57 bits per heavy atom. The van der Waals surface area contributed by atoms with E-state index in [0.717, 1.165) is 5.56 Å². The highest BCUT2D eigenvalue weighted by Gasteiger charge is 2.14. The van der Waals surface area contributed by atoms with E-state index < -0.39 is 11.9 Å². The molecule has 0 saturated heterocycles. The Morgan fingerprint density at radius 3 is 2.30 bits per heavy atom. The fourth-order valence-electron chi connectivity index (χ4n) is 3.01. The highest BCUT2D eigenvalue weighted by Crippen LogP contribution is 2.17. The van der Waals surface area contributed by atoms with E-state index in [-0.39, 0.29) is 18.1 Å². The lowest BCUT2D eigenvalue weighted by Crippen LogP contribution is -2.37. The number of ether oxygens (including phenoxy) is 2. The van der Waals surface area contributed by atoms with Crippen LogP contribution in [0.15, 0.2) is 78.9 Å². The maximum absolute atomic E-state index is 13.7. The van der Waals surface area contributed by atoms with E-state index in [1.54, 1.807) is 36.4 Å². The quantitative estimate of drug-likeness (QED) is 0.502. The van der Waals surface area contributed by atoms with Crippen LogP contribution in [0.2, 0.25) is 0 Å². The van der Waals surface area contributed by atoms with Crippen molar-refractivity contribution in [3.05, 3.63) is 90.2 Å². The third-order valence-corrected chi connectivity index (χ3v) is 4.50. The first kappa shape index (κ1) is 21.6. The van der Waals surface area contributed by atoms with Crippen LogP contribution < -0.4 is 9.47 Å². The molecule has 5 nitrogen and oxygen atoms in total. The molecule has 1 atom stereocenters. The van der Waals surface area contributed by atoms with Crippen LogP contribution in [0.25, 0.3) is 0 Å². The van der Waals surface area contributed by atoms with Crippen molar-refractivity contribution >= 4 is 0 Å². The van der Waals surface area contributed by atoms with Gasteiger partial charge in [0.25, 0.3) is 0 Å².